The molecule has 1 saturated heterocycles. The van der Waals surface area contributed by atoms with E-state index in [-0.39, 0.29) is 17.9 Å². The number of rotatable bonds is 9. The molecule has 0 bridgehead atoms. The van der Waals surface area contributed by atoms with Crippen LogP contribution in [0.25, 0.3) is 5.76 Å². The summed E-state index contributed by atoms with van der Waals surface area (Å²) in [6.45, 7) is 3.06. The number of hydrogen-bond acceptors (Lipinski definition) is 4. The molecule has 1 aliphatic heterocycles. The van der Waals surface area contributed by atoms with Crippen LogP contribution in [0.2, 0.25) is 0 Å². The van der Waals surface area contributed by atoms with E-state index < -0.39 is 17.7 Å². The minimum atomic E-state index is -0.699. The summed E-state index contributed by atoms with van der Waals surface area (Å²) in [6, 6.07) is 25.1. The molecule has 0 radical (unpaired) electrons. The van der Waals surface area contributed by atoms with Gasteiger partial charge in [-0.25, -0.2) is 0 Å². The average molecular weight is 456 g/mol. The van der Waals surface area contributed by atoms with Crippen molar-refractivity contribution in [2.45, 2.75) is 38.8 Å². The average Bonchev–Trinajstić information content (AvgIpc) is 3.12. The molecule has 0 aromatic heterocycles. The number of benzene rings is 3. The monoisotopic (exact) mass is 455 g/mol. The molecule has 0 spiro atoms. The first-order valence-electron chi connectivity index (χ1n) is 11.7. The van der Waals surface area contributed by atoms with Crippen LogP contribution in [0.3, 0.4) is 0 Å². The number of carbonyl (C=O) groups is 2. The summed E-state index contributed by atoms with van der Waals surface area (Å²) < 4.78 is 5.83. The summed E-state index contributed by atoms with van der Waals surface area (Å²) in [6.07, 6.45) is 3.24. The van der Waals surface area contributed by atoms with Crippen LogP contribution in [0.5, 0.6) is 5.75 Å². The molecular weight excluding hydrogens is 426 g/mol. The van der Waals surface area contributed by atoms with E-state index >= 15 is 0 Å². The Bertz CT molecular complexity index is 1150. The lowest BCUT2D eigenvalue weighted by molar-refractivity contribution is -0.140. The third-order valence-electron chi connectivity index (χ3n) is 6.00. The second-order valence-corrected chi connectivity index (χ2v) is 8.40. The lowest BCUT2D eigenvalue weighted by Gasteiger charge is -2.25. The summed E-state index contributed by atoms with van der Waals surface area (Å²) in [5.74, 6) is -0.726. The Labute approximate surface area is 200 Å². The zero-order valence-corrected chi connectivity index (χ0v) is 19.3. The maximum atomic E-state index is 13.1. The second-order valence-electron chi connectivity index (χ2n) is 8.40. The van der Waals surface area contributed by atoms with Crippen molar-refractivity contribution in [1.82, 2.24) is 4.90 Å². The molecule has 1 fully saturated rings. The van der Waals surface area contributed by atoms with Crippen LogP contribution in [0.4, 0.5) is 0 Å². The molecule has 34 heavy (non-hydrogen) atoms. The Kier molecular flexibility index (Phi) is 7.43. The van der Waals surface area contributed by atoms with Crippen molar-refractivity contribution in [3.63, 3.8) is 0 Å². The van der Waals surface area contributed by atoms with E-state index in [0.29, 0.717) is 12.2 Å². The van der Waals surface area contributed by atoms with E-state index in [1.807, 2.05) is 60.7 Å². The minimum absolute atomic E-state index is 0.101. The minimum Gasteiger partial charge on any atom is -0.507 e. The largest absolute Gasteiger partial charge is 0.507 e. The predicted molar refractivity (Wildman–Crippen MR) is 132 cm³/mol. The highest BCUT2D eigenvalue weighted by Gasteiger charge is 2.46. The van der Waals surface area contributed by atoms with Crippen molar-refractivity contribution in [2.24, 2.45) is 0 Å². The Morgan fingerprint density at radius 2 is 1.53 bits per heavy atom. The van der Waals surface area contributed by atoms with Gasteiger partial charge in [-0.05, 0) is 29.7 Å². The van der Waals surface area contributed by atoms with Crippen molar-refractivity contribution in [2.75, 3.05) is 6.61 Å². The van der Waals surface area contributed by atoms with Gasteiger partial charge in [0.2, 0.25) is 0 Å². The summed E-state index contributed by atoms with van der Waals surface area (Å²) in [5, 5.41) is 11.1. The van der Waals surface area contributed by atoms with E-state index in [1.54, 1.807) is 24.3 Å². The number of nitrogens with zero attached hydrogens (tertiary/aromatic N) is 1. The molecular formula is C29H29NO4. The van der Waals surface area contributed by atoms with Crippen LogP contribution in [0.15, 0.2) is 90.5 Å². The zero-order chi connectivity index (χ0) is 23.9. The number of Topliss-reactive ketones (excluding diaryl/α,β-unsaturated/α-hetero) is 1. The van der Waals surface area contributed by atoms with Gasteiger partial charge >= 0.3 is 0 Å². The number of hydrogen-bond donors (Lipinski definition) is 1. The number of likely N-dealkylation sites (tertiary alicyclic amines) is 1. The fraction of sp³-hybridized carbons (Fsp3) is 0.241. The third kappa shape index (κ3) is 5.04. The number of amides is 1. The van der Waals surface area contributed by atoms with Crippen LogP contribution in [-0.4, -0.2) is 28.3 Å². The van der Waals surface area contributed by atoms with Crippen LogP contribution in [-0.2, 0) is 16.1 Å². The fourth-order valence-electron chi connectivity index (χ4n) is 4.21. The normalized spacial score (nSPS) is 17.2. The van der Waals surface area contributed by atoms with Crippen LogP contribution >= 0.6 is 0 Å². The smallest absolute Gasteiger partial charge is 0.295 e. The van der Waals surface area contributed by atoms with Gasteiger partial charge in [0.1, 0.15) is 11.5 Å². The Balaban J connectivity index is 1.71. The SMILES string of the molecule is CCCCCOc1ccc(C2C(=C(O)c3ccccc3)C(=O)C(=O)N2Cc2ccccc2)cc1. The molecule has 0 saturated carbocycles. The molecule has 3 aromatic rings. The Morgan fingerprint density at radius 1 is 0.882 bits per heavy atom. The summed E-state index contributed by atoms with van der Waals surface area (Å²) >= 11 is 0. The van der Waals surface area contributed by atoms with E-state index in [9.17, 15) is 14.7 Å². The van der Waals surface area contributed by atoms with Gasteiger partial charge in [0, 0.05) is 12.1 Å². The molecule has 3 aromatic carbocycles. The lowest BCUT2D eigenvalue weighted by Crippen LogP contribution is -2.29. The summed E-state index contributed by atoms with van der Waals surface area (Å²) in [5.41, 5.74) is 2.25. The standard InChI is InChI=1S/C29H29NO4/c1-2-3-10-19-34-24-17-15-22(16-18-24)26-25(27(31)23-13-8-5-9-14-23)28(32)29(33)30(26)20-21-11-6-4-7-12-21/h4-9,11-18,26,31H,2-3,10,19-20H2,1H3. The Morgan fingerprint density at radius 3 is 2.18 bits per heavy atom. The molecule has 1 amide bonds. The second kappa shape index (κ2) is 10.8. The summed E-state index contributed by atoms with van der Waals surface area (Å²) in [4.78, 5) is 27.8. The highest BCUT2D eigenvalue weighted by Crippen LogP contribution is 2.40. The van der Waals surface area contributed by atoms with Crippen LogP contribution < -0.4 is 4.74 Å². The topological polar surface area (TPSA) is 66.8 Å². The number of unbranched alkanes of at least 4 members (excludes halogenated alkanes) is 2. The van der Waals surface area contributed by atoms with Gasteiger partial charge < -0.3 is 14.7 Å². The number of ether oxygens (including phenoxy) is 1. The molecule has 5 nitrogen and oxygen atoms in total. The van der Waals surface area contributed by atoms with Gasteiger partial charge in [-0.15, -0.1) is 0 Å². The maximum absolute atomic E-state index is 13.1. The van der Waals surface area contributed by atoms with Gasteiger partial charge in [0.15, 0.2) is 0 Å². The van der Waals surface area contributed by atoms with Crippen molar-refractivity contribution < 1.29 is 19.4 Å². The van der Waals surface area contributed by atoms with Crippen molar-refractivity contribution in [3.05, 3.63) is 107 Å². The van der Waals surface area contributed by atoms with Crippen LogP contribution in [0, 0.1) is 0 Å². The van der Waals surface area contributed by atoms with Crippen molar-refractivity contribution in [3.8, 4) is 5.75 Å². The molecule has 1 aliphatic rings. The van der Waals surface area contributed by atoms with Crippen LogP contribution in [0.1, 0.15) is 48.9 Å². The number of ketones is 1. The van der Waals surface area contributed by atoms with Gasteiger partial charge in [0.05, 0.1) is 18.2 Å². The molecule has 5 heteroatoms. The molecule has 1 heterocycles. The van der Waals surface area contributed by atoms with Gasteiger partial charge in [-0.2, -0.15) is 0 Å². The molecule has 1 unspecified atom stereocenters. The maximum Gasteiger partial charge on any atom is 0.295 e. The first-order valence-corrected chi connectivity index (χ1v) is 11.7. The first-order chi connectivity index (χ1) is 16.6. The highest BCUT2D eigenvalue weighted by atomic mass is 16.5. The number of aliphatic hydroxyl groups is 1. The van der Waals surface area contributed by atoms with Gasteiger partial charge in [-0.3, -0.25) is 9.59 Å². The number of aliphatic hydroxyl groups excluding tert-OH is 1. The summed E-state index contributed by atoms with van der Waals surface area (Å²) in [7, 11) is 0. The fourth-order valence-corrected chi connectivity index (χ4v) is 4.21. The van der Waals surface area contributed by atoms with E-state index in [4.69, 9.17) is 4.74 Å². The molecule has 4 rings (SSSR count). The van der Waals surface area contributed by atoms with Crippen molar-refractivity contribution >= 4 is 17.4 Å². The van der Waals surface area contributed by atoms with Crippen molar-refractivity contribution in [1.29, 1.82) is 0 Å². The molecule has 0 aliphatic carbocycles. The molecule has 1 atom stereocenters. The lowest BCUT2D eigenvalue weighted by atomic mass is 9.95. The quantitative estimate of drug-likeness (QED) is 0.189. The molecule has 174 valence electrons. The first kappa shape index (κ1) is 23.3. The number of carbonyl (C=O) groups excluding carboxylic acids is 2. The highest BCUT2D eigenvalue weighted by molar-refractivity contribution is 6.46. The van der Waals surface area contributed by atoms with E-state index in [2.05, 4.69) is 6.92 Å². The Hall–Kier alpha value is -3.86. The zero-order valence-electron chi connectivity index (χ0n) is 19.3. The molecule has 1 N–H and O–H groups in total. The van der Waals surface area contributed by atoms with Gasteiger partial charge in [0.25, 0.3) is 11.7 Å². The predicted octanol–water partition coefficient (Wildman–Crippen LogP) is 5.88. The van der Waals surface area contributed by atoms with E-state index in [1.165, 1.54) is 4.90 Å². The third-order valence-corrected chi connectivity index (χ3v) is 6.00. The van der Waals surface area contributed by atoms with E-state index in [0.717, 1.165) is 36.1 Å². The van der Waals surface area contributed by atoms with Gasteiger partial charge in [-0.1, -0.05) is 92.6 Å².